The molecule has 1 aromatic carbocycles. The Morgan fingerprint density at radius 3 is 2.69 bits per heavy atom. The number of nitrogens with zero attached hydrogens (tertiary/aromatic N) is 3. The Hall–Kier alpha value is -2.51. The van der Waals surface area contributed by atoms with Gasteiger partial charge in [-0.05, 0) is 31.5 Å². The fraction of sp³-hybridized carbons (Fsp3) is 0.409. The summed E-state index contributed by atoms with van der Waals surface area (Å²) in [5, 5.41) is 3.71. The standard InChI is InChI=1S/C22H26N4O2S/c1-25-12-11-18-19(15-25)29-22(23-18)24-21(28)17-9-13-26(14-10-17)20(27)8-7-16-5-3-2-4-6-16/h2-8,17H,9-15H2,1H3,(H,23,24,28)/b8-7+. The van der Waals surface area contributed by atoms with Crippen molar-refractivity contribution in [2.75, 3.05) is 32.0 Å². The summed E-state index contributed by atoms with van der Waals surface area (Å²) in [6.07, 6.45) is 5.76. The second kappa shape index (κ2) is 8.88. The van der Waals surface area contributed by atoms with Crippen LogP contribution in [0.25, 0.3) is 6.08 Å². The number of rotatable bonds is 4. The van der Waals surface area contributed by atoms with Gasteiger partial charge in [-0.25, -0.2) is 4.98 Å². The van der Waals surface area contributed by atoms with Crippen molar-refractivity contribution in [1.29, 1.82) is 0 Å². The fourth-order valence-corrected chi connectivity index (χ4v) is 4.87. The second-order valence-corrected chi connectivity index (χ2v) is 8.79. The third kappa shape index (κ3) is 4.92. The van der Waals surface area contributed by atoms with Crippen molar-refractivity contribution < 1.29 is 9.59 Å². The monoisotopic (exact) mass is 410 g/mol. The number of anilines is 1. The van der Waals surface area contributed by atoms with Gasteiger partial charge in [0.05, 0.1) is 5.69 Å². The third-order valence-corrected chi connectivity index (χ3v) is 6.55. The van der Waals surface area contributed by atoms with E-state index in [1.807, 2.05) is 41.3 Å². The number of thiazole rings is 1. The third-order valence-electron chi connectivity index (χ3n) is 5.55. The van der Waals surface area contributed by atoms with Crippen LogP contribution in [0.15, 0.2) is 36.4 Å². The lowest BCUT2D eigenvalue weighted by molar-refractivity contribution is -0.130. The smallest absolute Gasteiger partial charge is 0.246 e. The lowest BCUT2D eigenvalue weighted by Gasteiger charge is -2.30. The van der Waals surface area contributed by atoms with Crippen molar-refractivity contribution in [3.8, 4) is 0 Å². The van der Waals surface area contributed by atoms with Crippen molar-refractivity contribution in [1.82, 2.24) is 14.8 Å². The van der Waals surface area contributed by atoms with Gasteiger partial charge in [-0.3, -0.25) is 9.59 Å². The Labute approximate surface area is 175 Å². The lowest BCUT2D eigenvalue weighted by Crippen LogP contribution is -2.40. The molecule has 0 unspecified atom stereocenters. The highest BCUT2D eigenvalue weighted by Crippen LogP contribution is 2.29. The molecule has 0 radical (unpaired) electrons. The van der Waals surface area contributed by atoms with Gasteiger partial charge in [0, 0.05) is 49.5 Å². The number of piperidine rings is 1. The molecule has 1 fully saturated rings. The number of likely N-dealkylation sites (tertiary alicyclic amines) is 1. The highest BCUT2D eigenvalue weighted by molar-refractivity contribution is 7.15. The van der Waals surface area contributed by atoms with Crippen LogP contribution in [-0.2, 0) is 22.6 Å². The first kappa shape index (κ1) is 19.8. The van der Waals surface area contributed by atoms with E-state index >= 15 is 0 Å². The summed E-state index contributed by atoms with van der Waals surface area (Å²) in [7, 11) is 2.10. The van der Waals surface area contributed by atoms with E-state index in [9.17, 15) is 9.59 Å². The first-order valence-electron chi connectivity index (χ1n) is 10.1. The predicted molar refractivity (Wildman–Crippen MR) is 116 cm³/mol. The van der Waals surface area contributed by atoms with Crippen LogP contribution in [0.1, 0.15) is 29.0 Å². The molecule has 6 nitrogen and oxygen atoms in total. The minimum Gasteiger partial charge on any atom is -0.339 e. The summed E-state index contributed by atoms with van der Waals surface area (Å²) in [5.74, 6) is -0.0402. The Morgan fingerprint density at radius 1 is 1.17 bits per heavy atom. The maximum absolute atomic E-state index is 12.7. The molecule has 0 aliphatic carbocycles. The van der Waals surface area contributed by atoms with E-state index in [1.165, 1.54) is 4.88 Å². The minimum absolute atomic E-state index is 0.00410. The highest BCUT2D eigenvalue weighted by atomic mass is 32.1. The van der Waals surface area contributed by atoms with Crippen LogP contribution in [0.2, 0.25) is 0 Å². The molecule has 4 rings (SSSR count). The zero-order valence-corrected chi connectivity index (χ0v) is 17.5. The zero-order valence-electron chi connectivity index (χ0n) is 16.6. The van der Waals surface area contributed by atoms with E-state index in [0.717, 1.165) is 30.8 Å². The van der Waals surface area contributed by atoms with E-state index in [1.54, 1.807) is 17.4 Å². The van der Waals surface area contributed by atoms with Crippen LogP contribution < -0.4 is 5.32 Å². The Bertz CT molecular complexity index is 901. The van der Waals surface area contributed by atoms with E-state index in [-0.39, 0.29) is 17.7 Å². The van der Waals surface area contributed by atoms with E-state index in [0.29, 0.717) is 31.1 Å². The van der Waals surface area contributed by atoms with E-state index in [4.69, 9.17) is 0 Å². The average molecular weight is 411 g/mol. The van der Waals surface area contributed by atoms with E-state index < -0.39 is 0 Å². The largest absolute Gasteiger partial charge is 0.339 e. The minimum atomic E-state index is -0.0687. The number of hydrogen-bond donors (Lipinski definition) is 1. The Balaban J connectivity index is 1.27. The molecule has 1 N–H and O–H groups in total. The summed E-state index contributed by atoms with van der Waals surface area (Å²) in [6.45, 7) is 3.12. The first-order chi connectivity index (χ1) is 14.1. The zero-order chi connectivity index (χ0) is 20.2. The van der Waals surface area contributed by atoms with Crippen molar-refractivity contribution in [2.45, 2.75) is 25.8 Å². The predicted octanol–water partition coefficient (Wildman–Crippen LogP) is 3.02. The molecule has 0 bridgehead atoms. The summed E-state index contributed by atoms with van der Waals surface area (Å²) in [5.41, 5.74) is 2.13. The SMILES string of the molecule is CN1CCc2nc(NC(=O)C3CCN(C(=O)/C=C/c4ccccc4)CC3)sc2C1. The summed E-state index contributed by atoms with van der Waals surface area (Å²) in [4.78, 5) is 35.0. The number of carbonyl (C=O) groups is 2. The number of benzene rings is 1. The van der Waals surface area contributed by atoms with Crippen LogP contribution in [0, 0.1) is 5.92 Å². The molecule has 1 saturated heterocycles. The number of nitrogens with one attached hydrogen (secondary N) is 1. The van der Waals surface area contributed by atoms with Crippen LogP contribution in [0.5, 0.6) is 0 Å². The molecule has 1 aromatic heterocycles. The Kier molecular flexibility index (Phi) is 6.06. The van der Waals surface area contributed by atoms with Crippen molar-refractivity contribution in [3.63, 3.8) is 0 Å². The molecule has 2 aliphatic rings. The van der Waals surface area contributed by atoms with Gasteiger partial charge in [-0.15, -0.1) is 11.3 Å². The van der Waals surface area contributed by atoms with Gasteiger partial charge in [-0.2, -0.15) is 0 Å². The summed E-state index contributed by atoms with van der Waals surface area (Å²) >= 11 is 1.58. The van der Waals surface area contributed by atoms with Gasteiger partial charge < -0.3 is 15.1 Å². The number of fused-ring (bicyclic) bond motifs is 1. The van der Waals surface area contributed by atoms with Gasteiger partial charge in [0.1, 0.15) is 0 Å². The number of aromatic nitrogens is 1. The maximum atomic E-state index is 12.7. The molecule has 29 heavy (non-hydrogen) atoms. The van der Waals surface area contributed by atoms with Crippen molar-refractivity contribution >= 4 is 34.4 Å². The second-order valence-electron chi connectivity index (χ2n) is 7.71. The maximum Gasteiger partial charge on any atom is 0.246 e. The van der Waals surface area contributed by atoms with Crippen LogP contribution in [0.4, 0.5) is 5.13 Å². The molecule has 0 spiro atoms. The summed E-state index contributed by atoms with van der Waals surface area (Å²) in [6, 6.07) is 9.79. The average Bonchev–Trinajstić information content (AvgIpc) is 3.14. The molecule has 3 heterocycles. The Morgan fingerprint density at radius 2 is 1.93 bits per heavy atom. The van der Waals surface area contributed by atoms with Gasteiger partial charge >= 0.3 is 0 Å². The molecule has 0 atom stereocenters. The quantitative estimate of drug-likeness (QED) is 0.787. The number of amides is 2. The fourth-order valence-electron chi connectivity index (χ4n) is 3.78. The highest BCUT2D eigenvalue weighted by Gasteiger charge is 2.28. The molecular weight excluding hydrogens is 384 g/mol. The van der Waals surface area contributed by atoms with Gasteiger partial charge in [0.2, 0.25) is 11.8 Å². The summed E-state index contributed by atoms with van der Waals surface area (Å²) < 4.78 is 0. The number of likely N-dealkylation sites (N-methyl/N-ethyl adjacent to an activating group) is 1. The van der Waals surface area contributed by atoms with Crippen LogP contribution in [-0.4, -0.2) is 53.3 Å². The molecule has 0 saturated carbocycles. The number of hydrogen-bond acceptors (Lipinski definition) is 5. The van der Waals surface area contributed by atoms with Crippen LogP contribution in [0.3, 0.4) is 0 Å². The van der Waals surface area contributed by atoms with E-state index in [2.05, 4.69) is 22.2 Å². The lowest BCUT2D eigenvalue weighted by atomic mass is 9.96. The number of carbonyl (C=O) groups excluding carboxylic acids is 2. The first-order valence-corrected chi connectivity index (χ1v) is 10.9. The molecule has 7 heteroatoms. The van der Waals surface area contributed by atoms with Gasteiger partial charge in [0.25, 0.3) is 0 Å². The van der Waals surface area contributed by atoms with Crippen molar-refractivity contribution in [2.24, 2.45) is 5.92 Å². The molecule has 2 aromatic rings. The molecule has 152 valence electrons. The van der Waals surface area contributed by atoms with Gasteiger partial charge in [0.15, 0.2) is 5.13 Å². The molecule has 2 amide bonds. The normalized spacial score (nSPS) is 18.0. The molecule has 2 aliphatic heterocycles. The van der Waals surface area contributed by atoms with Crippen LogP contribution >= 0.6 is 11.3 Å². The van der Waals surface area contributed by atoms with Gasteiger partial charge in [-0.1, -0.05) is 30.3 Å². The van der Waals surface area contributed by atoms with Crippen molar-refractivity contribution in [3.05, 3.63) is 52.5 Å². The molecular formula is C22H26N4O2S. The topological polar surface area (TPSA) is 65.5 Å².